The summed E-state index contributed by atoms with van der Waals surface area (Å²) in [7, 11) is 0. The van der Waals surface area contributed by atoms with Gasteiger partial charge in [0.2, 0.25) is 11.8 Å². The summed E-state index contributed by atoms with van der Waals surface area (Å²) in [4.78, 5) is 42.2. The Balaban J connectivity index is 1.81. The molecule has 0 aliphatic carbocycles. The first-order chi connectivity index (χ1) is 14.8. The third-order valence-corrected chi connectivity index (χ3v) is 5.17. The first-order valence-electron chi connectivity index (χ1n) is 10.1. The van der Waals surface area contributed by atoms with Gasteiger partial charge in [0.1, 0.15) is 12.2 Å². The minimum absolute atomic E-state index is 0.123. The second-order valence-corrected chi connectivity index (χ2v) is 8.61. The Hall–Kier alpha value is -3.00. The fourth-order valence-corrected chi connectivity index (χ4v) is 3.35. The highest BCUT2D eigenvalue weighted by molar-refractivity contribution is 9.10. The zero-order valence-corrected chi connectivity index (χ0v) is 19.1. The van der Waals surface area contributed by atoms with Gasteiger partial charge in [-0.15, -0.1) is 0 Å². The van der Waals surface area contributed by atoms with Crippen LogP contribution in [0.4, 0.5) is 5.69 Å². The molecule has 1 aromatic heterocycles. The molecule has 0 bridgehead atoms. The van der Waals surface area contributed by atoms with Crippen LogP contribution in [0.25, 0.3) is 11.0 Å². The van der Waals surface area contributed by atoms with Gasteiger partial charge in [0.25, 0.3) is 5.56 Å². The van der Waals surface area contributed by atoms with Crippen molar-refractivity contribution in [1.82, 2.24) is 14.9 Å². The average Bonchev–Trinajstić information content (AvgIpc) is 2.74. The second kappa shape index (κ2) is 10.3. The van der Waals surface area contributed by atoms with Gasteiger partial charge in [-0.05, 0) is 42.3 Å². The number of halogens is 1. The normalized spacial score (nSPS) is 11.0. The third-order valence-electron chi connectivity index (χ3n) is 4.65. The third kappa shape index (κ3) is 6.24. The number of fused-ring (bicyclic) bond motifs is 1. The molecule has 0 saturated heterocycles. The maximum atomic E-state index is 13.1. The van der Waals surface area contributed by atoms with Crippen molar-refractivity contribution < 1.29 is 9.59 Å². The molecule has 0 radical (unpaired) electrons. The Kier molecular flexibility index (Phi) is 7.57. The van der Waals surface area contributed by atoms with Crippen LogP contribution in [0.15, 0.2) is 57.8 Å². The van der Waals surface area contributed by atoms with Crippen molar-refractivity contribution in [2.24, 2.45) is 5.92 Å². The van der Waals surface area contributed by atoms with Gasteiger partial charge in [-0.3, -0.25) is 19.0 Å². The van der Waals surface area contributed by atoms with Crippen molar-refractivity contribution in [2.45, 2.75) is 33.2 Å². The van der Waals surface area contributed by atoms with E-state index in [0.717, 1.165) is 4.47 Å². The molecule has 31 heavy (non-hydrogen) atoms. The first-order valence-corrected chi connectivity index (χ1v) is 10.9. The number of nitrogens with zero attached hydrogens (tertiary/aromatic N) is 2. The summed E-state index contributed by atoms with van der Waals surface area (Å²) in [6.45, 7) is 4.47. The summed E-state index contributed by atoms with van der Waals surface area (Å²) in [5.41, 5.74) is 1.74. The molecular weight excluding hydrogens is 460 g/mol. The van der Waals surface area contributed by atoms with Gasteiger partial charge >= 0.3 is 0 Å². The Morgan fingerprint density at radius 3 is 2.48 bits per heavy atom. The van der Waals surface area contributed by atoms with E-state index in [9.17, 15) is 14.4 Å². The average molecular weight is 485 g/mol. The molecule has 2 N–H and O–H groups in total. The van der Waals surface area contributed by atoms with Crippen LogP contribution >= 0.6 is 15.9 Å². The van der Waals surface area contributed by atoms with Gasteiger partial charge < -0.3 is 10.6 Å². The van der Waals surface area contributed by atoms with Gasteiger partial charge in [0.15, 0.2) is 0 Å². The van der Waals surface area contributed by atoms with Crippen LogP contribution in [0.1, 0.15) is 26.0 Å². The van der Waals surface area contributed by atoms with Crippen LogP contribution in [-0.4, -0.2) is 27.9 Å². The smallest absolute Gasteiger partial charge is 0.273 e. The quantitative estimate of drug-likeness (QED) is 0.511. The number of benzene rings is 2. The molecule has 0 aliphatic rings. The zero-order valence-electron chi connectivity index (χ0n) is 17.5. The minimum Gasteiger partial charge on any atom is -0.356 e. The zero-order chi connectivity index (χ0) is 22.4. The fourth-order valence-electron chi connectivity index (χ4n) is 3.08. The minimum atomic E-state index is -0.360. The standard InChI is InChI=1S/C23H25BrN4O3/c1-15(2)13-25-21(29)12-11-19-23(31)28(20-6-4-3-5-18(20)27-19)14-22(30)26-17-9-7-16(24)8-10-17/h3-10,15H,11-14H2,1-2H3,(H,25,29)(H,26,30). The Labute approximate surface area is 189 Å². The molecule has 3 aromatic rings. The number of nitrogens with one attached hydrogen (secondary N) is 2. The Morgan fingerprint density at radius 1 is 1.06 bits per heavy atom. The van der Waals surface area contributed by atoms with E-state index < -0.39 is 0 Å². The number of carbonyl (C=O) groups excluding carboxylic acids is 2. The lowest BCUT2D eigenvalue weighted by molar-refractivity contribution is -0.121. The summed E-state index contributed by atoms with van der Waals surface area (Å²) >= 11 is 3.36. The summed E-state index contributed by atoms with van der Waals surface area (Å²) in [5.74, 6) is -0.0896. The van der Waals surface area contributed by atoms with E-state index in [0.29, 0.717) is 29.2 Å². The number of rotatable bonds is 8. The van der Waals surface area contributed by atoms with Crippen molar-refractivity contribution in [1.29, 1.82) is 0 Å². The van der Waals surface area contributed by atoms with Gasteiger partial charge in [0.05, 0.1) is 11.0 Å². The predicted octanol–water partition coefficient (Wildman–Crippen LogP) is 3.50. The van der Waals surface area contributed by atoms with Crippen molar-refractivity contribution >= 4 is 44.5 Å². The van der Waals surface area contributed by atoms with Crippen LogP contribution in [0.5, 0.6) is 0 Å². The van der Waals surface area contributed by atoms with E-state index in [1.54, 1.807) is 30.3 Å². The molecule has 162 valence electrons. The van der Waals surface area contributed by atoms with E-state index in [2.05, 4.69) is 31.5 Å². The number of anilines is 1. The van der Waals surface area contributed by atoms with Crippen LogP contribution < -0.4 is 16.2 Å². The van der Waals surface area contributed by atoms with Crippen LogP contribution in [-0.2, 0) is 22.6 Å². The predicted molar refractivity (Wildman–Crippen MR) is 125 cm³/mol. The molecule has 0 aliphatic heterocycles. The second-order valence-electron chi connectivity index (χ2n) is 7.69. The topological polar surface area (TPSA) is 93.1 Å². The number of aromatic nitrogens is 2. The molecule has 0 atom stereocenters. The van der Waals surface area contributed by atoms with Crippen molar-refractivity contribution in [2.75, 3.05) is 11.9 Å². The van der Waals surface area contributed by atoms with Crippen molar-refractivity contribution in [3.63, 3.8) is 0 Å². The molecule has 2 amide bonds. The summed E-state index contributed by atoms with van der Waals surface area (Å²) < 4.78 is 2.32. The van der Waals surface area contributed by atoms with Crippen molar-refractivity contribution in [3.05, 3.63) is 69.1 Å². The number of hydrogen-bond donors (Lipinski definition) is 2. The molecule has 0 fully saturated rings. The lowest BCUT2D eigenvalue weighted by Gasteiger charge is -2.13. The fraction of sp³-hybridized carbons (Fsp3) is 0.304. The number of hydrogen-bond acceptors (Lipinski definition) is 4. The largest absolute Gasteiger partial charge is 0.356 e. The number of aryl methyl sites for hydroxylation is 1. The van der Waals surface area contributed by atoms with E-state index >= 15 is 0 Å². The van der Waals surface area contributed by atoms with Gasteiger partial charge in [-0.25, -0.2) is 4.98 Å². The number of carbonyl (C=O) groups is 2. The van der Waals surface area contributed by atoms with E-state index in [4.69, 9.17) is 0 Å². The molecule has 1 heterocycles. The van der Waals surface area contributed by atoms with Crippen LogP contribution in [0.3, 0.4) is 0 Å². The van der Waals surface area contributed by atoms with Crippen LogP contribution in [0, 0.1) is 5.92 Å². The van der Waals surface area contributed by atoms with E-state index in [1.807, 2.05) is 32.0 Å². The Bertz CT molecular complexity index is 1140. The molecular formula is C23H25BrN4O3. The molecule has 0 spiro atoms. The lowest BCUT2D eigenvalue weighted by atomic mass is 10.2. The summed E-state index contributed by atoms with van der Waals surface area (Å²) in [5, 5.41) is 5.65. The van der Waals surface area contributed by atoms with E-state index in [-0.39, 0.29) is 42.5 Å². The first kappa shape index (κ1) is 22.7. The molecule has 8 heteroatoms. The number of para-hydroxylation sites is 2. The molecule has 2 aromatic carbocycles. The van der Waals surface area contributed by atoms with Gasteiger partial charge in [-0.2, -0.15) is 0 Å². The van der Waals surface area contributed by atoms with Gasteiger partial charge in [0, 0.05) is 29.5 Å². The Morgan fingerprint density at radius 2 is 1.77 bits per heavy atom. The maximum absolute atomic E-state index is 13.1. The maximum Gasteiger partial charge on any atom is 0.273 e. The summed E-state index contributed by atoms with van der Waals surface area (Å²) in [6.07, 6.45) is 0.375. The monoisotopic (exact) mass is 484 g/mol. The lowest BCUT2D eigenvalue weighted by Crippen LogP contribution is -2.32. The highest BCUT2D eigenvalue weighted by Crippen LogP contribution is 2.15. The highest BCUT2D eigenvalue weighted by Gasteiger charge is 2.15. The molecule has 0 saturated carbocycles. The van der Waals surface area contributed by atoms with E-state index in [1.165, 1.54) is 4.57 Å². The highest BCUT2D eigenvalue weighted by atomic mass is 79.9. The van der Waals surface area contributed by atoms with Crippen molar-refractivity contribution in [3.8, 4) is 0 Å². The molecule has 0 unspecified atom stereocenters. The van der Waals surface area contributed by atoms with Crippen LogP contribution in [0.2, 0.25) is 0 Å². The SMILES string of the molecule is CC(C)CNC(=O)CCc1nc2ccccc2n(CC(=O)Nc2ccc(Br)cc2)c1=O. The molecule has 7 nitrogen and oxygen atoms in total. The molecule has 3 rings (SSSR count). The summed E-state index contributed by atoms with van der Waals surface area (Å²) in [6, 6.07) is 14.4. The number of amides is 2. The van der Waals surface area contributed by atoms with Gasteiger partial charge in [-0.1, -0.05) is 41.9 Å².